The molecule has 0 spiro atoms. The van der Waals surface area contributed by atoms with Crippen LogP contribution in [0.1, 0.15) is 29.7 Å². The van der Waals surface area contributed by atoms with Crippen molar-refractivity contribution in [1.29, 1.82) is 0 Å². The third-order valence-electron chi connectivity index (χ3n) is 2.84. The number of aromatic nitrogens is 1. The Morgan fingerprint density at radius 1 is 1.17 bits per heavy atom. The van der Waals surface area contributed by atoms with Crippen molar-refractivity contribution in [3.05, 3.63) is 63.0 Å². The van der Waals surface area contributed by atoms with Crippen LogP contribution in [-0.4, -0.2) is 11.5 Å². The molecule has 0 fully saturated rings. The lowest BCUT2D eigenvalue weighted by atomic mass is 9.99. The average Bonchev–Trinajstić information content (AvgIpc) is 2.37. The standard InChI is InChI=1S/C15H17IN2/c1-3-18-15(12-4-6-14(16)7-5-12)13-8-11(2)9-17-10-13/h4-10,15,18H,3H2,1-2H3. The Balaban J connectivity index is 2.36. The zero-order valence-electron chi connectivity index (χ0n) is 10.7. The molecule has 1 unspecified atom stereocenters. The van der Waals surface area contributed by atoms with Gasteiger partial charge in [-0.15, -0.1) is 0 Å². The lowest BCUT2D eigenvalue weighted by molar-refractivity contribution is 0.628. The second-order valence-corrected chi connectivity index (χ2v) is 5.58. The first-order chi connectivity index (χ1) is 8.70. The lowest BCUT2D eigenvalue weighted by Crippen LogP contribution is -2.22. The fourth-order valence-corrected chi connectivity index (χ4v) is 2.38. The van der Waals surface area contributed by atoms with Gasteiger partial charge < -0.3 is 5.32 Å². The van der Waals surface area contributed by atoms with Crippen molar-refractivity contribution in [3.8, 4) is 0 Å². The van der Waals surface area contributed by atoms with Gasteiger partial charge in [-0.1, -0.05) is 25.1 Å². The summed E-state index contributed by atoms with van der Waals surface area (Å²) in [5.41, 5.74) is 3.70. The van der Waals surface area contributed by atoms with Gasteiger partial charge >= 0.3 is 0 Å². The van der Waals surface area contributed by atoms with Crippen LogP contribution in [0.2, 0.25) is 0 Å². The summed E-state index contributed by atoms with van der Waals surface area (Å²) in [6, 6.07) is 11.1. The Morgan fingerprint density at radius 2 is 1.89 bits per heavy atom. The molecule has 2 rings (SSSR count). The maximum atomic E-state index is 4.29. The molecule has 0 aliphatic heterocycles. The van der Waals surface area contributed by atoms with E-state index in [1.54, 1.807) is 0 Å². The molecule has 0 bridgehead atoms. The average molecular weight is 352 g/mol. The van der Waals surface area contributed by atoms with E-state index in [9.17, 15) is 0 Å². The number of rotatable bonds is 4. The molecule has 1 N–H and O–H groups in total. The quantitative estimate of drug-likeness (QED) is 0.849. The Morgan fingerprint density at radius 3 is 2.50 bits per heavy atom. The maximum Gasteiger partial charge on any atom is 0.0591 e. The zero-order chi connectivity index (χ0) is 13.0. The van der Waals surface area contributed by atoms with Crippen molar-refractivity contribution >= 4 is 22.6 Å². The minimum absolute atomic E-state index is 0.222. The predicted octanol–water partition coefficient (Wildman–Crippen LogP) is 3.69. The summed E-state index contributed by atoms with van der Waals surface area (Å²) in [4.78, 5) is 4.29. The molecule has 2 nitrogen and oxygen atoms in total. The van der Waals surface area contributed by atoms with E-state index < -0.39 is 0 Å². The van der Waals surface area contributed by atoms with Crippen LogP contribution in [0.3, 0.4) is 0 Å². The number of pyridine rings is 1. The van der Waals surface area contributed by atoms with Gasteiger partial charge in [0, 0.05) is 16.0 Å². The molecule has 0 aliphatic carbocycles. The Bertz CT molecular complexity index is 508. The van der Waals surface area contributed by atoms with Crippen molar-refractivity contribution in [3.63, 3.8) is 0 Å². The molecule has 0 amide bonds. The first-order valence-corrected chi connectivity index (χ1v) is 7.19. The molecule has 0 saturated heterocycles. The molecule has 0 saturated carbocycles. The number of benzene rings is 1. The van der Waals surface area contributed by atoms with Gasteiger partial charge in [0.05, 0.1) is 6.04 Å². The number of nitrogens with one attached hydrogen (secondary N) is 1. The highest BCUT2D eigenvalue weighted by molar-refractivity contribution is 14.1. The zero-order valence-corrected chi connectivity index (χ0v) is 12.8. The molecular weight excluding hydrogens is 335 g/mol. The summed E-state index contributed by atoms with van der Waals surface area (Å²) in [6.07, 6.45) is 3.83. The Hall–Kier alpha value is -0.940. The largest absolute Gasteiger partial charge is 0.306 e. The minimum Gasteiger partial charge on any atom is -0.306 e. The molecule has 1 aromatic heterocycles. The fraction of sp³-hybridized carbons (Fsp3) is 0.267. The van der Waals surface area contributed by atoms with Crippen molar-refractivity contribution < 1.29 is 0 Å². The highest BCUT2D eigenvalue weighted by atomic mass is 127. The molecule has 1 atom stereocenters. The number of aryl methyl sites for hydroxylation is 1. The van der Waals surface area contributed by atoms with Crippen LogP contribution in [0, 0.1) is 10.5 Å². The number of nitrogens with zero attached hydrogens (tertiary/aromatic N) is 1. The van der Waals surface area contributed by atoms with Gasteiger partial charge in [0.1, 0.15) is 0 Å². The summed E-state index contributed by atoms with van der Waals surface area (Å²) in [6.45, 7) is 5.14. The maximum absolute atomic E-state index is 4.29. The van der Waals surface area contributed by atoms with E-state index >= 15 is 0 Å². The van der Waals surface area contributed by atoms with Gasteiger partial charge in [-0.25, -0.2) is 0 Å². The fourth-order valence-electron chi connectivity index (χ4n) is 2.02. The van der Waals surface area contributed by atoms with Crippen LogP contribution in [0.15, 0.2) is 42.7 Å². The molecule has 0 radical (unpaired) electrons. The van der Waals surface area contributed by atoms with Crippen molar-refractivity contribution in [1.82, 2.24) is 10.3 Å². The first kappa shape index (κ1) is 13.5. The number of halogens is 1. The molecule has 1 aromatic carbocycles. The van der Waals surface area contributed by atoms with E-state index in [0.29, 0.717) is 0 Å². The van der Waals surface area contributed by atoms with E-state index in [2.05, 4.69) is 77.1 Å². The van der Waals surface area contributed by atoms with Gasteiger partial charge in [0.15, 0.2) is 0 Å². The van der Waals surface area contributed by atoms with Crippen LogP contribution in [0.4, 0.5) is 0 Å². The van der Waals surface area contributed by atoms with Crippen LogP contribution < -0.4 is 5.32 Å². The number of hydrogen-bond donors (Lipinski definition) is 1. The summed E-state index contributed by atoms with van der Waals surface area (Å²) < 4.78 is 1.26. The lowest BCUT2D eigenvalue weighted by Gasteiger charge is -2.19. The van der Waals surface area contributed by atoms with Crippen LogP contribution in [-0.2, 0) is 0 Å². The second kappa shape index (κ2) is 6.29. The van der Waals surface area contributed by atoms with Crippen molar-refractivity contribution in [2.24, 2.45) is 0 Å². The smallest absolute Gasteiger partial charge is 0.0591 e. The normalized spacial score (nSPS) is 12.4. The topological polar surface area (TPSA) is 24.9 Å². The van der Waals surface area contributed by atoms with E-state index in [-0.39, 0.29) is 6.04 Å². The minimum atomic E-state index is 0.222. The SMILES string of the molecule is CCNC(c1ccc(I)cc1)c1cncc(C)c1. The van der Waals surface area contributed by atoms with Crippen LogP contribution in [0.25, 0.3) is 0 Å². The molecule has 94 valence electrons. The van der Waals surface area contributed by atoms with Gasteiger partial charge in [-0.05, 0) is 64.9 Å². The van der Waals surface area contributed by atoms with Gasteiger partial charge in [0.25, 0.3) is 0 Å². The van der Waals surface area contributed by atoms with Crippen LogP contribution >= 0.6 is 22.6 Å². The molecule has 0 aliphatic rings. The molecule has 1 heterocycles. The van der Waals surface area contributed by atoms with E-state index in [1.165, 1.54) is 20.3 Å². The Kier molecular flexibility index (Phi) is 4.72. The summed E-state index contributed by atoms with van der Waals surface area (Å²) >= 11 is 2.33. The predicted molar refractivity (Wildman–Crippen MR) is 83.7 cm³/mol. The first-order valence-electron chi connectivity index (χ1n) is 6.11. The van der Waals surface area contributed by atoms with Crippen molar-refractivity contribution in [2.75, 3.05) is 6.54 Å². The number of hydrogen-bond acceptors (Lipinski definition) is 2. The third kappa shape index (κ3) is 3.29. The van der Waals surface area contributed by atoms with Gasteiger partial charge in [-0.3, -0.25) is 4.98 Å². The Labute approximate surface area is 122 Å². The molecule has 2 aromatic rings. The second-order valence-electron chi connectivity index (χ2n) is 4.34. The summed E-state index contributed by atoms with van der Waals surface area (Å²) in [5, 5.41) is 3.52. The third-order valence-corrected chi connectivity index (χ3v) is 3.56. The van der Waals surface area contributed by atoms with Gasteiger partial charge in [0.2, 0.25) is 0 Å². The monoisotopic (exact) mass is 352 g/mol. The van der Waals surface area contributed by atoms with Crippen LogP contribution in [0.5, 0.6) is 0 Å². The highest BCUT2D eigenvalue weighted by Gasteiger charge is 2.13. The molecular formula is C15H17IN2. The van der Waals surface area contributed by atoms with Gasteiger partial charge in [-0.2, -0.15) is 0 Å². The molecule has 18 heavy (non-hydrogen) atoms. The van der Waals surface area contributed by atoms with E-state index in [0.717, 1.165) is 6.54 Å². The van der Waals surface area contributed by atoms with E-state index in [1.807, 2.05) is 12.4 Å². The van der Waals surface area contributed by atoms with Crippen molar-refractivity contribution in [2.45, 2.75) is 19.9 Å². The molecule has 3 heteroatoms. The summed E-state index contributed by atoms with van der Waals surface area (Å²) in [5.74, 6) is 0. The van der Waals surface area contributed by atoms with E-state index in [4.69, 9.17) is 0 Å². The highest BCUT2D eigenvalue weighted by Crippen LogP contribution is 2.22. The summed E-state index contributed by atoms with van der Waals surface area (Å²) in [7, 11) is 0.